The van der Waals surface area contributed by atoms with E-state index in [2.05, 4.69) is 25.2 Å². The molecule has 2 N–H and O–H groups in total. The number of likely N-dealkylation sites (tertiary alicyclic amines) is 1. The van der Waals surface area contributed by atoms with Gasteiger partial charge in [0.15, 0.2) is 12.1 Å². The number of aldehydes is 1. The quantitative estimate of drug-likeness (QED) is 0.627. The number of hydrogen-bond donors (Lipinski definition) is 2. The van der Waals surface area contributed by atoms with Crippen LogP contribution in [0.3, 0.4) is 0 Å². The second kappa shape index (κ2) is 7.75. The lowest BCUT2D eigenvalue weighted by Crippen LogP contribution is -2.26. The number of methoxy groups -OCH3 is 1. The van der Waals surface area contributed by atoms with E-state index < -0.39 is 0 Å². The molecule has 7 nitrogen and oxygen atoms in total. The summed E-state index contributed by atoms with van der Waals surface area (Å²) in [6.45, 7) is 4.20. The number of benzene rings is 1. The van der Waals surface area contributed by atoms with E-state index in [9.17, 15) is 4.79 Å². The molecule has 4 rings (SSSR count). The van der Waals surface area contributed by atoms with Gasteiger partial charge >= 0.3 is 0 Å². The van der Waals surface area contributed by atoms with Gasteiger partial charge in [0.25, 0.3) is 0 Å². The molecule has 0 spiro atoms. The predicted molar refractivity (Wildman–Crippen MR) is 105 cm³/mol. The first kappa shape index (κ1) is 17.5. The summed E-state index contributed by atoms with van der Waals surface area (Å²) in [6, 6.07) is 7.42. The van der Waals surface area contributed by atoms with Crippen molar-refractivity contribution in [2.75, 3.05) is 38.6 Å². The van der Waals surface area contributed by atoms with Gasteiger partial charge in [0.05, 0.1) is 23.9 Å². The van der Waals surface area contributed by atoms with Gasteiger partial charge in [0.1, 0.15) is 11.6 Å². The number of anilines is 1. The Morgan fingerprint density at radius 1 is 1.30 bits per heavy atom. The highest BCUT2D eigenvalue weighted by Crippen LogP contribution is 2.30. The van der Waals surface area contributed by atoms with Gasteiger partial charge in [-0.25, -0.2) is 9.97 Å². The van der Waals surface area contributed by atoms with E-state index in [1.54, 1.807) is 13.3 Å². The third kappa shape index (κ3) is 3.64. The molecule has 0 unspecified atom stereocenters. The minimum Gasteiger partial charge on any atom is -0.497 e. The van der Waals surface area contributed by atoms with Crippen molar-refractivity contribution in [3.8, 4) is 17.3 Å². The summed E-state index contributed by atoms with van der Waals surface area (Å²) in [4.78, 5) is 26.4. The van der Waals surface area contributed by atoms with Crippen LogP contribution in [-0.4, -0.2) is 59.4 Å². The van der Waals surface area contributed by atoms with Crippen LogP contribution in [0.15, 0.2) is 30.5 Å². The molecule has 1 fully saturated rings. The number of ether oxygens (including phenoxy) is 1. The van der Waals surface area contributed by atoms with Crippen LogP contribution in [0.5, 0.6) is 5.75 Å². The van der Waals surface area contributed by atoms with Crippen molar-refractivity contribution in [2.24, 2.45) is 0 Å². The summed E-state index contributed by atoms with van der Waals surface area (Å²) in [7, 11) is 1.62. The zero-order valence-corrected chi connectivity index (χ0v) is 15.4. The number of aromatic amines is 1. The zero-order valence-electron chi connectivity index (χ0n) is 15.4. The second-order valence-electron chi connectivity index (χ2n) is 6.68. The fourth-order valence-electron chi connectivity index (χ4n) is 3.55. The van der Waals surface area contributed by atoms with Crippen molar-refractivity contribution in [3.63, 3.8) is 0 Å². The largest absolute Gasteiger partial charge is 0.497 e. The summed E-state index contributed by atoms with van der Waals surface area (Å²) < 4.78 is 5.26. The molecule has 0 saturated carbocycles. The van der Waals surface area contributed by atoms with Gasteiger partial charge in [-0.15, -0.1) is 0 Å². The molecule has 3 heterocycles. The molecule has 1 saturated heterocycles. The number of nitrogens with zero attached hydrogens (tertiary/aromatic N) is 3. The molecule has 1 aliphatic rings. The van der Waals surface area contributed by atoms with Crippen LogP contribution in [0.25, 0.3) is 22.4 Å². The average molecular weight is 365 g/mol. The molecule has 0 aliphatic carbocycles. The Kier molecular flexibility index (Phi) is 5.02. The SMILES string of the molecule is COc1ccc2c(C=O)c(-c3nccc(NCCN4CCCC4)n3)[nH]c2c1. The Bertz CT molecular complexity index is 947. The van der Waals surface area contributed by atoms with Crippen molar-refractivity contribution in [1.82, 2.24) is 19.9 Å². The van der Waals surface area contributed by atoms with Crippen molar-refractivity contribution in [2.45, 2.75) is 12.8 Å². The molecule has 140 valence electrons. The normalized spacial score (nSPS) is 14.6. The van der Waals surface area contributed by atoms with E-state index >= 15 is 0 Å². The maximum absolute atomic E-state index is 11.7. The second-order valence-corrected chi connectivity index (χ2v) is 6.68. The number of carbonyl (C=O) groups is 1. The van der Waals surface area contributed by atoms with Gasteiger partial charge in [-0.3, -0.25) is 4.79 Å². The Morgan fingerprint density at radius 3 is 2.93 bits per heavy atom. The van der Waals surface area contributed by atoms with Gasteiger partial charge in [-0.05, 0) is 44.1 Å². The number of rotatable bonds is 7. The van der Waals surface area contributed by atoms with E-state index in [0.717, 1.165) is 41.8 Å². The molecule has 0 radical (unpaired) electrons. The van der Waals surface area contributed by atoms with Crippen molar-refractivity contribution in [1.29, 1.82) is 0 Å². The summed E-state index contributed by atoms with van der Waals surface area (Å²) in [6.07, 6.45) is 5.13. The van der Waals surface area contributed by atoms with Gasteiger partial charge in [-0.1, -0.05) is 0 Å². The molecular weight excluding hydrogens is 342 g/mol. The Labute approximate surface area is 157 Å². The lowest BCUT2D eigenvalue weighted by molar-refractivity contribution is 0.112. The summed E-state index contributed by atoms with van der Waals surface area (Å²) >= 11 is 0. The first-order valence-electron chi connectivity index (χ1n) is 9.23. The summed E-state index contributed by atoms with van der Waals surface area (Å²) in [5.74, 6) is 1.98. The van der Waals surface area contributed by atoms with Crippen LogP contribution >= 0.6 is 0 Å². The zero-order chi connectivity index (χ0) is 18.6. The third-order valence-electron chi connectivity index (χ3n) is 4.98. The molecule has 0 atom stereocenters. The fourth-order valence-corrected chi connectivity index (χ4v) is 3.55. The average Bonchev–Trinajstić information content (AvgIpc) is 3.35. The van der Waals surface area contributed by atoms with Crippen molar-refractivity contribution in [3.05, 3.63) is 36.0 Å². The van der Waals surface area contributed by atoms with E-state index in [1.807, 2.05) is 24.3 Å². The summed E-state index contributed by atoms with van der Waals surface area (Å²) in [5, 5.41) is 4.19. The smallest absolute Gasteiger partial charge is 0.178 e. The van der Waals surface area contributed by atoms with Gasteiger partial charge in [0, 0.05) is 30.7 Å². The fraction of sp³-hybridized carbons (Fsp3) is 0.350. The first-order valence-corrected chi connectivity index (χ1v) is 9.23. The predicted octanol–water partition coefficient (Wildman–Crippen LogP) is 2.95. The van der Waals surface area contributed by atoms with Crippen LogP contribution in [0.1, 0.15) is 23.2 Å². The first-order chi connectivity index (χ1) is 13.3. The standard InChI is InChI=1S/C20H23N5O2/c1-27-14-4-5-15-16(13-26)19(23-17(15)12-14)20-22-7-6-18(24-20)21-8-11-25-9-2-3-10-25/h4-7,12-13,23H,2-3,8-11H2,1H3,(H,21,22,24). The number of aromatic nitrogens is 3. The molecular formula is C20H23N5O2. The maximum atomic E-state index is 11.7. The Morgan fingerprint density at radius 2 is 2.15 bits per heavy atom. The van der Waals surface area contributed by atoms with Gasteiger partial charge in [0.2, 0.25) is 0 Å². The molecule has 3 aromatic rings. The van der Waals surface area contributed by atoms with Crippen LogP contribution in [0, 0.1) is 0 Å². The van der Waals surface area contributed by atoms with Crippen LogP contribution in [-0.2, 0) is 0 Å². The molecule has 2 aromatic heterocycles. The highest BCUT2D eigenvalue weighted by atomic mass is 16.5. The van der Waals surface area contributed by atoms with Gasteiger partial charge in [-0.2, -0.15) is 0 Å². The van der Waals surface area contributed by atoms with Crippen LogP contribution in [0.4, 0.5) is 5.82 Å². The number of hydrogen-bond acceptors (Lipinski definition) is 6. The lowest BCUT2D eigenvalue weighted by Gasteiger charge is -2.15. The molecule has 1 aliphatic heterocycles. The summed E-state index contributed by atoms with van der Waals surface area (Å²) in [5.41, 5.74) is 2.00. The number of H-pyrrole nitrogens is 1. The van der Waals surface area contributed by atoms with Crippen LogP contribution < -0.4 is 10.1 Å². The monoisotopic (exact) mass is 365 g/mol. The highest BCUT2D eigenvalue weighted by Gasteiger charge is 2.16. The van der Waals surface area contributed by atoms with E-state index in [-0.39, 0.29) is 0 Å². The number of fused-ring (bicyclic) bond motifs is 1. The Balaban J connectivity index is 1.58. The van der Waals surface area contributed by atoms with Crippen molar-refractivity contribution >= 4 is 23.0 Å². The van der Waals surface area contributed by atoms with Gasteiger partial charge < -0.3 is 19.9 Å². The topological polar surface area (TPSA) is 83.1 Å². The lowest BCUT2D eigenvalue weighted by atomic mass is 10.1. The number of carbonyl (C=O) groups excluding carboxylic acids is 1. The molecule has 0 bridgehead atoms. The molecule has 1 aromatic carbocycles. The maximum Gasteiger partial charge on any atom is 0.178 e. The minimum absolute atomic E-state index is 0.499. The Hall–Kier alpha value is -2.93. The van der Waals surface area contributed by atoms with Crippen LogP contribution in [0.2, 0.25) is 0 Å². The number of nitrogens with one attached hydrogen (secondary N) is 2. The molecule has 0 amide bonds. The highest BCUT2D eigenvalue weighted by molar-refractivity contribution is 6.04. The van der Waals surface area contributed by atoms with E-state index in [4.69, 9.17) is 4.74 Å². The van der Waals surface area contributed by atoms with E-state index in [0.29, 0.717) is 17.1 Å². The molecule has 27 heavy (non-hydrogen) atoms. The minimum atomic E-state index is 0.499. The third-order valence-corrected chi connectivity index (χ3v) is 4.98. The van der Waals surface area contributed by atoms with E-state index in [1.165, 1.54) is 25.9 Å². The van der Waals surface area contributed by atoms with Crippen molar-refractivity contribution < 1.29 is 9.53 Å². The molecule has 7 heteroatoms.